The summed E-state index contributed by atoms with van der Waals surface area (Å²) in [5.41, 5.74) is 0.413. The van der Waals surface area contributed by atoms with E-state index in [0.717, 1.165) is 6.08 Å². The molecule has 0 amide bonds. The molecule has 0 fully saturated rings. The Morgan fingerprint density at radius 1 is 1.23 bits per heavy atom. The molecule has 0 saturated carbocycles. The van der Waals surface area contributed by atoms with Gasteiger partial charge in [0.1, 0.15) is 0 Å². The summed E-state index contributed by atoms with van der Waals surface area (Å²) < 4.78 is 52.2. The van der Waals surface area contributed by atoms with Crippen LogP contribution in [0.3, 0.4) is 0 Å². The van der Waals surface area contributed by atoms with E-state index in [0.29, 0.717) is 25.0 Å². The first-order valence-corrected chi connectivity index (χ1v) is 9.50. The molecule has 1 aromatic rings. The molecule has 1 atom stereocenters. The summed E-state index contributed by atoms with van der Waals surface area (Å²) in [6.45, 7) is 2.37. The Balaban J connectivity index is 3.08. The number of benzene rings is 1. The molecule has 0 aliphatic carbocycles. The molecule has 22 heavy (non-hydrogen) atoms. The number of rotatable bonds is 6. The van der Waals surface area contributed by atoms with Crippen LogP contribution < -0.4 is 0 Å². The first-order chi connectivity index (χ1) is 9.85. The van der Waals surface area contributed by atoms with Gasteiger partial charge >= 0.3 is 0 Å². The van der Waals surface area contributed by atoms with Gasteiger partial charge in [-0.05, 0) is 13.3 Å². The fourth-order valence-electron chi connectivity index (χ4n) is 1.60. The molecule has 0 radical (unpaired) electrons. The average molecular weight is 357 g/mol. The maximum atomic E-state index is 13.0. The molecule has 124 valence electrons. The third kappa shape index (κ3) is 5.50. The Kier molecular flexibility index (Phi) is 4.90. The quantitative estimate of drug-likeness (QED) is 0.239. The van der Waals surface area contributed by atoms with Gasteiger partial charge in [-0.3, -0.25) is 4.79 Å². The van der Waals surface area contributed by atoms with Gasteiger partial charge in [0.25, 0.3) is 0 Å². The number of hydrogen-bond acceptors (Lipinski definition) is 1. The van der Waals surface area contributed by atoms with Crippen molar-refractivity contribution >= 4 is 25.5 Å². The molecule has 0 N–H and O–H groups in total. The predicted molar refractivity (Wildman–Crippen MR) is 85.6 cm³/mol. The van der Waals surface area contributed by atoms with Crippen molar-refractivity contribution in [2.75, 3.05) is 0 Å². The second-order valence-corrected chi connectivity index (χ2v) is 9.59. The molecule has 0 bridgehead atoms. The number of carbonyl (C=O) groups excluding carboxylic acids is 1. The van der Waals surface area contributed by atoms with Crippen molar-refractivity contribution in [1.29, 1.82) is 0 Å². The molecule has 0 aromatic heterocycles. The van der Waals surface area contributed by atoms with E-state index >= 15 is 0 Å². The van der Waals surface area contributed by atoms with Gasteiger partial charge in [-0.25, -0.2) is 0 Å². The molecule has 1 unspecified atom stereocenters. The van der Waals surface area contributed by atoms with Crippen LogP contribution in [0.25, 0.3) is 0 Å². The first-order valence-electron chi connectivity index (χ1n) is 6.56. The fraction of sp³-hybridized carbons (Fsp3) is 0.267. The lowest BCUT2D eigenvalue weighted by Crippen LogP contribution is -2.18. The van der Waals surface area contributed by atoms with E-state index in [1.807, 2.05) is 0 Å². The largest absolute Gasteiger partial charge is 0.289 e. The van der Waals surface area contributed by atoms with Crippen LogP contribution in [-0.2, 0) is 0 Å². The zero-order chi connectivity index (χ0) is 17.1. The van der Waals surface area contributed by atoms with Crippen molar-refractivity contribution in [2.24, 2.45) is 0 Å². The first kappa shape index (κ1) is 18.8. The van der Waals surface area contributed by atoms with Crippen LogP contribution in [0.2, 0.25) is 0 Å². The van der Waals surface area contributed by atoms with Gasteiger partial charge < -0.3 is 0 Å². The molecule has 1 aromatic carbocycles. The number of Topliss-reactive ketones (excluding diaryl/α,β-unsaturated/α-hetero) is 1. The van der Waals surface area contributed by atoms with Crippen LogP contribution >= 0.6 is 19.7 Å². The van der Waals surface area contributed by atoms with Crippen molar-refractivity contribution in [3.63, 3.8) is 0 Å². The maximum absolute atomic E-state index is 13.0. The Labute approximate surface area is 131 Å². The second kappa shape index (κ2) is 5.74. The number of halogens is 5. The van der Waals surface area contributed by atoms with Gasteiger partial charge in [-0.1, -0.05) is 55.5 Å². The van der Waals surface area contributed by atoms with Crippen molar-refractivity contribution in [3.8, 4) is 0 Å². The van der Waals surface area contributed by atoms with Crippen molar-refractivity contribution in [1.82, 2.24) is 0 Å². The van der Waals surface area contributed by atoms with Gasteiger partial charge in [0.05, 0.1) is 5.25 Å². The predicted octanol–water partition coefficient (Wildman–Crippen LogP) is 6.72. The Morgan fingerprint density at radius 3 is 2.23 bits per heavy atom. The number of carbonyl (C=O) groups is 1. The summed E-state index contributed by atoms with van der Waals surface area (Å²) in [6, 6.07) is 8.13. The van der Waals surface area contributed by atoms with E-state index in [2.05, 4.69) is 10.7 Å². The maximum Gasteiger partial charge on any atom is 0.235 e. The summed E-state index contributed by atoms with van der Waals surface area (Å²) in [5.74, 6) is -0.427. The van der Waals surface area contributed by atoms with Gasteiger partial charge in [0, 0.05) is 21.8 Å². The Hall–Kier alpha value is -1.27. The molecule has 7 heteroatoms. The minimum atomic E-state index is -8.62. The van der Waals surface area contributed by atoms with Crippen molar-refractivity contribution < 1.29 is 20.3 Å². The summed E-state index contributed by atoms with van der Waals surface area (Å²) in [5, 5.41) is -2.47. The average Bonchev–Trinajstić information content (AvgIpc) is 2.40. The minimum absolute atomic E-state index is 0.0686. The summed E-state index contributed by atoms with van der Waals surface area (Å²) >= 11 is 0. The number of allylic oxidation sites excluding steroid dienone is 3. The van der Waals surface area contributed by atoms with Crippen LogP contribution in [0.15, 0.2) is 54.1 Å². The van der Waals surface area contributed by atoms with E-state index in [9.17, 15) is 20.3 Å². The van der Waals surface area contributed by atoms with E-state index in [4.69, 9.17) is 0 Å². The van der Waals surface area contributed by atoms with Gasteiger partial charge in [0.2, 0.25) is 9.05 Å². The molecule has 0 spiro atoms. The van der Waals surface area contributed by atoms with Crippen molar-refractivity contribution in [3.05, 3.63) is 59.7 Å². The highest BCUT2D eigenvalue weighted by Gasteiger charge is 2.64. The fourth-order valence-corrected chi connectivity index (χ4v) is 2.15. The molecule has 0 heterocycles. The van der Waals surface area contributed by atoms with Crippen molar-refractivity contribution in [2.45, 2.75) is 25.5 Å². The van der Waals surface area contributed by atoms with Crippen LogP contribution in [0.1, 0.15) is 30.6 Å². The standard InChI is InChI=1S/C15H17ClF4OS/c1-3-7-13(15(21)14-8-5-4-6-9-14)11-10-12(2)22(16,17,18,19)20/h4-12H,3H2,1-2H3/b11-10-,13-7+. The molecule has 1 nitrogen and oxygen atoms in total. The van der Waals surface area contributed by atoms with E-state index in [1.54, 1.807) is 37.3 Å². The molecule has 1 rings (SSSR count). The molecular weight excluding hydrogens is 340 g/mol. The molecule has 0 saturated heterocycles. The van der Waals surface area contributed by atoms with Crippen LogP contribution in [0.5, 0.6) is 0 Å². The van der Waals surface area contributed by atoms with E-state index in [-0.39, 0.29) is 5.57 Å². The SMILES string of the molecule is CC/C=C(\C=C/C(C)S(F)(F)(F)(F)Cl)C(=O)c1ccccc1. The lowest BCUT2D eigenvalue weighted by Gasteiger charge is -2.46. The van der Waals surface area contributed by atoms with E-state index < -0.39 is 20.1 Å². The zero-order valence-electron chi connectivity index (χ0n) is 12.1. The second-order valence-electron chi connectivity index (χ2n) is 4.86. The normalized spacial score (nSPS) is 17.9. The lowest BCUT2D eigenvalue weighted by molar-refractivity contribution is 0.103. The van der Waals surface area contributed by atoms with Gasteiger partial charge in [-0.15, -0.1) is 15.5 Å². The Bertz CT molecular complexity index is 605. The monoisotopic (exact) mass is 356 g/mol. The summed E-state index contributed by atoms with van der Waals surface area (Å²) in [6.07, 6.45) is 3.50. The van der Waals surface area contributed by atoms with Crippen LogP contribution in [0.4, 0.5) is 15.5 Å². The Morgan fingerprint density at radius 2 is 1.77 bits per heavy atom. The zero-order valence-corrected chi connectivity index (χ0v) is 13.7. The van der Waals surface area contributed by atoms with Gasteiger partial charge in [-0.2, -0.15) is 0 Å². The topological polar surface area (TPSA) is 17.1 Å². The summed E-state index contributed by atoms with van der Waals surface area (Å²) in [4.78, 5) is 12.2. The molecular formula is C15H17ClF4OS. The minimum Gasteiger partial charge on any atom is -0.289 e. The highest BCUT2D eigenvalue weighted by atomic mass is 35.7. The highest BCUT2D eigenvalue weighted by Crippen LogP contribution is 3.02. The molecule has 0 aliphatic heterocycles. The third-order valence-electron chi connectivity index (χ3n) is 2.97. The number of hydrogen-bond donors (Lipinski definition) is 0. The molecule has 0 aliphatic rings. The lowest BCUT2D eigenvalue weighted by atomic mass is 10.0. The van der Waals surface area contributed by atoms with Crippen LogP contribution in [0, 0.1) is 0 Å². The summed E-state index contributed by atoms with van der Waals surface area (Å²) in [7, 11) is -4.37. The highest BCUT2D eigenvalue weighted by molar-refractivity contribution is 8.66. The van der Waals surface area contributed by atoms with E-state index in [1.165, 1.54) is 6.08 Å². The third-order valence-corrected chi connectivity index (χ3v) is 5.38. The van der Waals surface area contributed by atoms with Gasteiger partial charge in [0.15, 0.2) is 5.78 Å². The van der Waals surface area contributed by atoms with Crippen LogP contribution in [-0.4, -0.2) is 11.0 Å². The smallest absolute Gasteiger partial charge is 0.235 e. The number of ketones is 1.